The van der Waals surface area contributed by atoms with Crippen LogP contribution in [-0.2, 0) is 15.9 Å². The SMILES string of the molecule is C=CC1OC2(C)OC(=N)C(C#N)(C2Cc2ccccc2)C1(C#N)C#N. The molecule has 3 rings (SSSR count). The molecule has 2 heterocycles. The number of nitriles is 3. The molecule has 1 aromatic rings. The van der Waals surface area contributed by atoms with Gasteiger partial charge in [-0.2, -0.15) is 15.8 Å². The highest BCUT2D eigenvalue weighted by atomic mass is 16.7. The highest BCUT2D eigenvalue weighted by molar-refractivity contribution is 5.89. The van der Waals surface area contributed by atoms with Crippen LogP contribution in [0, 0.1) is 56.2 Å². The van der Waals surface area contributed by atoms with Crippen LogP contribution in [0.4, 0.5) is 0 Å². The Morgan fingerprint density at radius 2 is 1.84 bits per heavy atom. The Balaban J connectivity index is 2.24. The van der Waals surface area contributed by atoms with Crippen LogP contribution >= 0.6 is 0 Å². The highest BCUT2D eigenvalue weighted by Crippen LogP contribution is 2.63. The van der Waals surface area contributed by atoms with Crippen LogP contribution in [-0.4, -0.2) is 17.8 Å². The number of hydrogen-bond acceptors (Lipinski definition) is 6. The van der Waals surface area contributed by atoms with Crippen LogP contribution in [0.3, 0.4) is 0 Å². The van der Waals surface area contributed by atoms with Crippen molar-refractivity contribution in [1.82, 2.24) is 0 Å². The first kappa shape index (κ1) is 16.7. The van der Waals surface area contributed by atoms with E-state index >= 15 is 0 Å². The van der Waals surface area contributed by atoms with Gasteiger partial charge in [0.15, 0.2) is 5.41 Å². The molecule has 124 valence electrons. The summed E-state index contributed by atoms with van der Waals surface area (Å²) in [5.41, 5.74) is -2.74. The molecule has 2 saturated heterocycles. The van der Waals surface area contributed by atoms with Gasteiger partial charge in [0, 0.05) is 6.92 Å². The summed E-state index contributed by atoms with van der Waals surface area (Å²) in [6.07, 6.45) is 0.627. The lowest BCUT2D eigenvalue weighted by molar-refractivity contribution is -0.257. The molecule has 2 aliphatic heterocycles. The van der Waals surface area contributed by atoms with Crippen LogP contribution in [0.2, 0.25) is 0 Å². The van der Waals surface area contributed by atoms with Gasteiger partial charge < -0.3 is 9.47 Å². The number of benzene rings is 1. The van der Waals surface area contributed by atoms with E-state index in [-0.39, 0.29) is 0 Å². The van der Waals surface area contributed by atoms with E-state index in [0.717, 1.165) is 5.56 Å². The van der Waals surface area contributed by atoms with E-state index in [1.807, 2.05) is 42.5 Å². The molecule has 0 aliphatic carbocycles. The molecule has 0 aromatic heterocycles. The van der Waals surface area contributed by atoms with Gasteiger partial charge in [0.1, 0.15) is 6.10 Å². The molecule has 1 N–H and O–H groups in total. The zero-order valence-corrected chi connectivity index (χ0v) is 13.7. The Morgan fingerprint density at radius 1 is 1.20 bits per heavy atom. The van der Waals surface area contributed by atoms with Crippen molar-refractivity contribution in [2.45, 2.75) is 25.2 Å². The Morgan fingerprint density at radius 3 is 2.36 bits per heavy atom. The molecule has 25 heavy (non-hydrogen) atoms. The summed E-state index contributed by atoms with van der Waals surface area (Å²) < 4.78 is 11.5. The van der Waals surface area contributed by atoms with E-state index < -0.39 is 34.5 Å². The topological polar surface area (TPSA) is 114 Å². The number of fused-ring (bicyclic) bond motifs is 2. The Labute approximate surface area is 146 Å². The Hall–Kier alpha value is -3.14. The smallest absolute Gasteiger partial charge is 0.215 e. The fourth-order valence-electron chi connectivity index (χ4n) is 3.99. The van der Waals surface area contributed by atoms with E-state index in [9.17, 15) is 15.8 Å². The normalized spacial score (nSPS) is 34.9. The van der Waals surface area contributed by atoms with Crippen molar-refractivity contribution >= 4 is 5.90 Å². The summed E-state index contributed by atoms with van der Waals surface area (Å²) in [7, 11) is 0. The largest absolute Gasteiger partial charge is 0.448 e. The van der Waals surface area contributed by atoms with Gasteiger partial charge in [0.05, 0.1) is 24.1 Å². The zero-order valence-electron chi connectivity index (χ0n) is 13.7. The summed E-state index contributed by atoms with van der Waals surface area (Å²) in [4.78, 5) is 0. The maximum Gasteiger partial charge on any atom is 0.215 e. The quantitative estimate of drug-likeness (QED) is 0.855. The van der Waals surface area contributed by atoms with Crippen LogP contribution in [0.1, 0.15) is 12.5 Å². The predicted octanol–water partition coefficient (Wildman–Crippen LogP) is 2.70. The Bertz CT molecular complexity index is 846. The van der Waals surface area contributed by atoms with Gasteiger partial charge in [0.25, 0.3) is 0 Å². The molecule has 4 unspecified atom stereocenters. The molecule has 0 amide bonds. The van der Waals surface area contributed by atoms with Crippen molar-refractivity contribution in [3.05, 3.63) is 48.6 Å². The maximum absolute atomic E-state index is 10.0. The molecular weight excluding hydrogens is 316 g/mol. The van der Waals surface area contributed by atoms with Gasteiger partial charge in [0.2, 0.25) is 17.1 Å². The lowest BCUT2D eigenvalue weighted by Crippen LogP contribution is -2.61. The molecular formula is C19H16N4O2. The number of hydrogen-bond donors (Lipinski definition) is 1. The average Bonchev–Trinajstić information content (AvgIpc) is 2.79. The number of rotatable bonds is 3. The standard InChI is InChI=1S/C19H16N4O2/c1-3-15-18(10-20,11-21)19(12-22)14(9-13-7-5-4-6-8-13)17(2,24-15)25-16(19)23/h3-8,14-15,23H,1,9H2,2H3. The maximum atomic E-state index is 10.0. The molecule has 0 saturated carbocycles. The second-order valence-corrected chi connectivity index (χ2v) is 6.42. The van der Waals surface area contributed by atoms with Crippen molar-refractivity contribution < 1.29 is 9.47 Å². The van der Waals surface area contributed by atoms with Crippen molar-refractivity contribution in [3.63, 3.8) is 0 Å². The van der Waals surface area contributed by atoms with Crippen LogP contribution < -0.4 is 0 Å². The van der Waals surface area contributed by atoms with Crippen molar-refractivity contribution in [2.75, 3.05) is 0 Å². The summed E-state index contributed by atoms with van der Waals surface area (Å²) in [5.74, 6) is -2.38. The molecule has 6 nitrogen and oxygen atoms in total. The van der Waals surface area contributed by atoms with Crippen LogP contribution in [0.25, 0.3) is 0 Å². The van der Waals surface area contributed by atoms with E-state index in [1.54, 1.807) is 6.92 Å². The average molecular weight is 332 g/mol. The highest BCUT2D eigenvalue weighted by Gasteiger charge is 2.78. The third-order valence-electron chi connectivity index (χ3n) is 5.25. The van der Waals surface area contributed by atoms with E-state index in [2.05, 4.69) is 12.6 Å². The van der Waals surface area contributed by atoms with Gasteiger partial charge >= 0.3 is 0 Å². The summed E-state index contributed by atoms with van der Waals surface area (Å²) in [5, 5.41) is 38.0. The van der Waals surface area contributed by atoms with E-state index in [4.69, 9.17) is 14.9 Å². The summed E-state index contributed by atoms with van der Waals surface area (Å²) in [6.45, 7) is 5.28. The molecule has 6 heteroatoms. The number of nitrogens with zero attached hydrogens (tertiary/aromatic N) is 3. The first-order chi connectivity index (χ1) is 11.9. The minimum Gasteiger partial charge on any atom is -0.448 e. The molecule has 2 bridgehead atoms. The fourth-order valence-corrected chi connectivity index (χ4v) is 3.99. The van der Waals surface area contributed by atoms with Crippen molar-refractivity contribution in [1.29, 1.82) is 21.2 Å². The predicted molar refractivity (Wildman–Crippen MR) is 87.6 cm³/mol. The van der Waals surface area contributed by atoms with Crippen molar-refractivity contribution in [3.8, 4) is 18.2 Å². The molecule has 0 spiro atoms. The lowest BCUT2D eigenvalue weighted by Gasteiger charge is -2.47. The number of nitrogens with one attached hydrogen (secondary N) is 1. The second-order valence-electron chi connectivity index (χ2n) is 6.42. The van der Waals surface area contributed by atoms with Gasteiger partial charge in [-0.05, 0) is 12.0 Å². The first-order valence-electron chi connectivity index (χ1n) is 7.80. The minimum absolute atomic E-state index is 0.336. The van der Waals surface area contributed by atoms with E-state index in [1.165, 1.54) is 6.08 Å². The molecule has 0 radical (unpaired) electrons. The van der Waals surface area contributed by atoms with E-state index in [0.29, 0.717) is 6.42 Å². The second kappa shape index (κ2) is 5.45. The third kappa shape index (κ3) is 1.88. The molecule has 1 aromatic carbocycles. The lowest BCUT2D eigenvalue weighted by atomic mass is 9.53. The fraction of sp³-hybridized carbons (Fsp3) is 0.368. The van der Waals surface area contributed by atoms with Gasteiger partial charge in [-0.3, -0.25) is 5.41 Å². The van der Waals surface area contributed by atoms with Crippen LogP contribution in [0.5, 0.6) is 0 Å². The van der Waals surface area contributed by atoms with Crippen molar-refractivity contribution in [2.24, 2.45) is 16.7 Å². The van der Waals surface area contributed by atoms with Gasteiger partial charge in [-0.1, -0.05) is 36.4 Å². The van der Waals surface area contributed by atoms with Crippen LogP contribution in [0.15, 0.2) is 43.0 Å². The molecule has 4 atom stereocenters. The molecule has 2 fully saturated rings. The zero-order chi connectivity index (χ0) is 18.3. The monoisotopic (exact) mass is 332 g/mol. The summed E-state index contributed by atoms with van der Waals surface area (Å²) in [6, 6.07) is 15.4. The third-order valence-corrected chi connectivity index (χ3v) is 5.25. The summed E-state index contributed by atoms with van der Waals surface area (Å²) >= 11 is 0. The van der Waals surface area contributed by atoms with Gasteiger partial charge in [-0.15, -0.1) is 6.58 Å². The Kier molecular flexibility index (Phi) is 3.64. The van der Waals surface area contributed by atoms with Gasteiger partial charge in [-0.25, -0.2) is 0 Å². The minimum atomic E-state index is -1.91. The molecule has 2 aliphatic rings. The number of ether oxygens (including phenoxy) is 2. The first-order valence-corrected chi connectivity index (χ1v) is 7.80.